The average molecular weight is 182 g/mol. The van der Waals surface area contributed by atoms with E-state index in [0.29, 0.717) is 11.8 Å². The van der Waals surface area contributed by atoms with Crippen molar-refractivity contribution < 1.29 is 4.79 Å². The molecule has 1 amide bonds. The van der Waals surface area contributed by atoms with Crippen molar-refractivity contribution in [3.05, 3.63) is 0 Å². The van der Waals surface area contributed by atoms with Crippen LogP contribution >= 0.6 is 0 Å². The molecule has 0 aromatic heterocycles. The largest absolute Gasteiger partial charge is 0.370 e. The molecule has 2 aliphatic rings. The first-order valence-corrected chi connectivity index (χ1v) is 5.11. The predicted octanol–water partition coefficient (Wildman–Crippen LogP) is 0.913. The molecule has 2 rings (SSSR count). The summed E-state index contributed by atoms with van der Waals surface area (Å²) in [6, 6.07) is 0. The van der Waals surface area contributed by atoms with Crippen LogP contribution in [0.1, 0.15) is 44.9 Å². The molecule has 0 radical (unpaired) electrons. The van der Waals surface area contributed by atoms with Crippen molar-refractivity contribution >= 4 is 5.91 Å². The molecule has 1 spiro atoms. The van der Waals surface area contributed by atoms with Gasteiger partial charge in [-0.3, -0.25) is 4.79 Å². The second-order valence-corrected chi connectivity index (χ2v) is 5.01. The normalized spacial score (nSPS) is 28.7. The fourth-order valence-corrected chi connectivity index (χ4v) is 2.48. The maximum Gasteiger partial charge on any atom is 0.219 e. The van der Waals surface area contributed by atoms with Gasteiger partial charge >= 0.3 is 0 Å². The summed E-state index contributed by atoms with van der Waals surface area (Å²) in [5, 5.41) is 0. The van der Waals surface area contributed by atoms with Gasteiger partial charge in [0.15, 0.2) is 0 Å². The Morgan fingerprint density at radius 3 is 1.92 bits per heavy atom. The van der Waals surface area contributed by atoms with Gasteiger partial charge in [-0.1, -0.05) is 0 Å². The third-order valence-corrected chi connectivity index (χ3v) is 3.79. The first-order chi connectivity index (χ1) is 6.04. The van der Waals surface area contributed by atoms with Gasteiger partial charge < -0.3 is 11.5 Å². The van der Waals surface area contributed by atoms with Gasteiger partial charge in [0, 0.05) is 12.0 Å². The fourth-order valence-electron chi connectivity index (χ4n) is 2.48. The highest BCUT2D eigenvalue weighted by atomic mass is 16.1. The summed E-state index contributed by atoms with van der Waals surface area (Å²) in [5.41, 5.74) is 11.6. The topological polar surface area (TPSA) is 69.1 Å². The van der Waals surface area contributed by atoms with Crippen LogP contribution in [0.25, 0.3) is 0 Å². The summed E-state index contributed by atoms with van der Waals surface area (Å²) in [4.78, 5) is 10.8. The zero-order valence-corrected chi connectivity index (χ0v) is 8.01. The van der Waals surface area contributed by atoms with Crippen molar-refractivity contribution in [3.8, 4) is 0 Å². The Labute approximate surface area is 78.9 Å². The second-order valence-electron chi connectivity index (χ2n) is 5.01. The van der Waals surface area contributed by atoms with Crippen LogP contribution in [-0.4, -0.2) is 11.4 Å². The Balaban J connectivity index is 1.91. The zero-order valence-electron chi connectivity index (χ0n) is 8.01. The highest BCUT2D eigenvalue weighted by Crippen LogP contribution is 2.57. The van der Waals surface area contributed by atoms with Crippen LogP contribution in [0, 0.1) is 5.41 Å². The lowest BCUT2D eigenvalue weighted by Gasteiger charge is -2.36. The molecule has 3 heteroatoms. The minimum absolute atomic E-state index is 0.255. The first-order valence-electron chi connectivity index (χ1n) is 5.11. The Bertz CT molecular complexity index is 223. The molecule has 13 heavy (non-hydrogen) atoms. The van der Waals surface area contributed by atoms with E-state index in [2.05, 4.69) is 0 Å². The molecule has 0 aliphatic heterocycles. The van der Waals surface area contributed by atoms with Crippen LogP contribution in [-0.2, 0) is 4.79 Å². The van der Waals surface area contributed by atoms with Gasteiger partial charge in [-0.25, -0.2) is 0 Å². The van der Waals surface area contributed by atoms with Crippen LogP contribution in [0.5, 0.6) is 0 Å². The van der Waals surface area contributed by atoms with Crippen LogP contribution in [0.2, 0.25) is 0 Å². The molecule has 0 unspecified atom stereocenters. The van der Waals surface area contributed by atoms with Crippen molar-refractivity contribution in [2.45, 2.75) is 50.5 Å². The van der Waals surface area contributed by atoms with Gasteiger partial charge in [0.05, 0.1) is 0 Å². The summed E-state index contributed by atoms with van der Waals surface area (Å²) in [6.45, 7) is 0. The smallest absolute Gasteiger partial charge is 0.219 e. The number of carbonyl (C=O) groups excluding carboxylic acids is 1. The Kier molecular flexibility index (Phi) is 1.88. The number of nitrogens with two attached hydrogens (primary N) is 2. The number of rotatable bonds is 2. The van der Waals surface area contributed by atoms with Gasteiger partial charge in [0.1, 0.15) is 0 Å². The van der Waals surface area contributed by atoms with Gasteiger partial charge in [-0.15, -0.1) is 0 Å². The molecule has 0 aromatic carbocycles. The van der Waals surface area contributed by atoms with Crippen molar-refractivity contribution in [2.24, 2.45) is 16.9 Å². The Morgan fingerprint density at radius 1 is 1.08 bits per heavy atom. The van der Waals surface area contributed by atoms with Crippen LogP contribution in [0.15, 0.2) is 0 Å². The van der Waals surface area contributed by atoms with E-state index in [1.165, 1.54) is 25.7 Å². The maximum atomic E-state index is 10.8. The summed E-state index contributed by atoms with van der Waals surface area (Å²) in [5.74, 6) is -0.255. The maximum absolute atomic E-state index is 10.8. The fraction of sp³-hybridized carbons (Fsp3) is 0.900. The number of carbonyl (C=O) groups is 1. The molecule has 0 atom stereocenters. The quantitative estimate of drug-likeness (QED) is 0.666. The highest BCUT2D eigenvalue weighted by Gasteiger charge is 2.48. The minimum atomic E-state index is -0.278. The molecular weight excluding hydrogens is 164 g/mol. The highest BCUT2D eigenvalue weighted by molar-refractivity contribution is 5.75. The van der Waals surface area contributed by atoms with E-state index in [9.17, 15) is 4.79 Å². The lowest BCUT2D eigenvalue weighted by molar-refractivity contribution is -0.119. The molecule has 3 nitrogen and oxygen atoms in total. The van der Waals surface area contributed by atoms with E-state index in [-0.39, 0.29) is 11.4 Å². The summed E-state index contributed by atoms with van der Waals surface area (Å²) in [7, 11) is 0. The number of hydrogen-bond acceptors (Lipinski definition) is 2. The van der Waals surface area contributed by atoms with E-state index < -0.39 is 0 Å². The van der Waals surface area contributed by atoms with Gasteiger partial charge in [0.25, 0.3) is 0 Å². The summed E-state index contributed by atoms with van der Waals surface area (Å²) >= 11 is 0. The molecule has 74 valence electrons. The zero-order chi connectivity index (χ0) is 9.53. The second kappa shape index (κ2) is 2.71. The van der Waals surface area contributed by atoms with Gasteiger partial charge in [-0.05, 0) is 43.9 Å². The summed E-state index contributed by atoms with van der Waals surface area (Å²) < 4.78 is 0. The SMILES string of the molecule is NC(=O)CC1(N)CCC2(CC1)CC2. The molecule has 2 fully saturated rings. The van der Waals surface area contributed by atoms with E-state index in [1.807, 2.05) is 0 Å². The standard InChI is InChI=1S/C10H18N2O/c11-8(13)7-10(12)5-3-9(1-2-9)4-6-10/h1-7,12H2,(H2,11,13). The predicted molar refractivity (Wildman–Crippen MR) is 50.9 cm³/mol. The minimum Gasteiger partial charge on any atom is -0.370 e. The molecule has 4 N–H and O–H groups in total. The van der Waals surface area contributed by atoms with Crippen molar-refractivity contribution in [3.63, 3.8) is 0 Å². The van der Waals surface area contributed by atoms with Crippen molar-refractivity contribution in [1.82, 2.24) is 0 Å². The van der Waals surface area contributed by atoms with Crippen LogP contribution in [0.3, 0.4) is 0 Å². The van der Waals surface area contributed by atoms with Gasteiger partial charge in [-0.2, -0.15) is 0 Å². The monoisotopic (exact) mass is 182 g/mol. The van der Waals surface area contributed by atoms with Crippen molar-refractivity contribution in [2.75, 3.05) is 0 Å². The van der Waals surface area contributed by atoms with E-state index in [0.717, 1.165) is 12.8 Å². The van der Waals surface area contributed by atoms with E-state index in [4.69, 9.17) is 11.5 Å². The molecular formula is C10H18N2O. The van der Waals surface area contributed by atoms with E-state index >= 15 is 0 Å². The van der Waals surface area contributed by atoms with E-state index in [1.54, 1.807) is 0 Å². The van der Waals surface area contributed by atoms with Crippen LogP contribution < -0.4 is 11.5 Å². The lowest BCUT2D eigenvalue weighted by Crippen LogP contribution is -2.46. The third kappa shape index (κ3) is 1.85. The third-order valence-electron chi connectivity index (χ3n) is 3.79. The molecule has 0 aromatic rings. The molecule has 0 saturated heterocycles. The number of hydrogen-bond donors (Lipinski definition) is 2. The number of primary amides is 1. The molecule has 2 aliphatic carbocycles. The van der Waals surface area contributed by atoms with Crippen LogP contribution in [0.4, 0.5) is 0 Å². The molecule has 0 bridgehead atoms. The Morgan fingerprint density at radius 2 is 1.54 bits per heavy atom. The first kappa shape index (κ1) is 9.00. The molecule has 2 saturated carbocycles. The van der Waals surface area contributed by atoms with Gasteiger partial charge in [0.2, 0.25) is 5.91 Å². The average Bonchev–Trinajstić information content (AvgIpc) is 2.76. The van der Waals surface area contributed by atoms with Crippen molar-refractivity contribution in [1.29, 1.82) is 0 Å². The lowest BCUT2D eigenvalue weighted by atomic mass is 9.73. The Hall–Kier alpha value is -0.570. The molecule has 0 heterocycles. The summed E-state index contributed by atoms with van der Waals surface area (Å²) in [6.07, 6.45) is 7.49. The number of amides is 1.